The number of amides is 1. The second kappa shape index (κ2) is 5.69. The lowest BCUT2D eigenvalue weighted by Gasteiger charge is -2.34. The molecule has 1 aliphatic heterocycles. The molecule has 0 aromatic rings. The van der Waals surface area contributed by atoms with Gasteiger partial charge >= 0.3 is 5.97 Å². The first-order valence-electron chi connectivity index (χ1n) is 7.03. The van der Waals surface area contributed by atoms with Crippen LogP contribution in [0.4, 0.5) is 0 Å². The van der Waals surface area contributed by atoms with Gasteiger partial charge in [-0.3, -0.25) is 4.79 Å². The average Bonchev–Trinajstić information content (AvgIpc) is 2.71. The number of ether oxygens (including phenoxy) is 2. The summed E-state index contributed by atoms with van der Waals surface area (Å²) in [5.74, 6) is -2.50. The highest BCUT2D eigenvalue weighted by Gasteiger charge is 2.54. The SMILES string of the molecule is CCC1=C(C(=O)O)C2OC(C)(C)O[C@H]2C(NC(C)=O)C1=NO. The van der Waals surface area contributed by atoms with Gasteiger partial charge in [0.05, 0.1) is 5.57 Å². The molecular weight excluding hydrogens is 292 g/mol. The minimum atomic E-state index is -1.16. The van der Waals surface area contributed by atoms with E-state index in [1.54, 1.807) is 20.8 Å². The van der Waals surface area contributed by atoms with Gasteiger partial charge in [-0.1, -0.05) is 12.1 Å². The summed E-state index contributed by atoms with van der Waals surface area (Å²) in [6.45, 7) is 6.40. The number of carboxylic acids is 1. The zero-order chi connectivity index (χ0) is 16.7. The van der Waals surface area contributed by atoms with E-state index < -0.39 is 30.0 Å². The largest absolute Gasteiger partial charge is 0.478 e. The van der Waals surface area contributed by atoms with Crippen LogP contribution in [0.5, 0.6) is 0 Å². The first kappa shape index (κ1) is 16.4. The summed E-state index contributed by atoms with van der Waals surface area (Å²) in [7, 11) is 0. The molecule has 0 spiro atoms. The van der Waals surface area contributed by atoms with Gasteiger partial charge in [0.15, 0.2) is 5.79 Å². The standard InChI is InChI=1S/C14H20N2O6/c1-5-7-8(13(18)19)11-12(22-14(3,4)21-11)10(9(7)16-20)15-6(2)17/h10-12,20H,5H2,1-4H3,(H,15,17)(H,18,19)/t10?,11?,12-/m0/s1. The Morgan fingerprint density at radius 2 is 2.00 bits per heavy atom. The van der Waals surface area contributed by atoms with E-state index in [0.717, 1.165) is 0 Å². The summed E-state index contributed by atoms with van der Waals surface area (Å²) in [5, 5.41) is 24.7. The molecule has 0 aromatic carbocycles. The molecule has 2 rings (SSSR count). The Morgan fingerprint density at radius 3 is 2.45 bits per heavy atom. The molecule has 1 amide bonds. The zero-order valence-electron chi connectivity index (χ0n) is 12.9. The monoisotopic (exact) mass is 312 g/mol. The van der Waals surface area contributed by atoms with Crippen LogP contribution in [0.1, 0.15) is 34.1 Å². The highest BCUT2D eigenvalue weighted by molar-refractivity contribution is 6.12. The molecule has 0 radical (unpaired) electrons. The Labute approximate surface area is 127 Å². The molecule has 1 fully saturated rings. The van der Waals surface area contributed by atoms with Crippen LogP contribution in [0.25, 0.3) is 0 Å². The molecule has 1 heterocycles. The Balaban J connectivity index is 2.60. The third-order valence-corrected chi connectivity index (χ3v) is 3.72. The van der Waals surface area contributed by atoms with Crippen molar-refractivity contribution in [3.05, 3.63) is 11.1 Å². The summed E-state index contributed by atoms with van der Waals surface area (Å²) in [4.78, 5) is 23.1. The van der Waals surface area contributed by atoms with Gasteiger partial charge in [-0.2, -0.15) is 0 Å². The van der Waals surface area contributed by atoms with Crippen molar-refractivity contribution in [2.75, 3.05) is 0 Å². The lowest BCUT2D eigenvalue weighted by atomic mass is 9.81. The topological polar surface area (TPSA) is 117 Å². The van der Waals surface area contributed by atoms with Gasteiger partial charge in [0, 0.05) is 6.92 Å². The Kier molecular flexibility index (Phi) is 4.25. The molecule has 2 unspecified atom stereocenters. The quantitative estimate of drug-likeness (QED) is 0.520. The van der Waals surface area contributed by atoms with Crippen molar-refractivity contribution in [3.63, 3.8) is 0 Å². The third-order valence-electron chi connectivity index (χ3n) is 3.72. The van der Waals surface area contributed by atoms with Crippen molar-refractivity contribution >= 4 is 17.6 Å². The van der Waals surface area contributed by atoms with Crippen LogP contribution in [0.15, 0.2) is 16.3 Å². The van der Waals surface area contributed by atoms with Crippen molar-refractivity contribution in [2.45, 2.75) is 58.2 Å². The molecule has 0 saturated carbocycles. The summed E-state index contributed by atoms with van der Waals surface area (Å²) in [5.41, 5.74) is 0.446. The molecular formula is C14H20N2O6. The maximum Gasteiger partial charge on any atom is 0.334 e. The van der Waals surface area contributed by atoms with Crippen LogP contribution < -0.4 is 5.32 Å². The maximum absolute atomic E-state index is 11.7. The summed E-state index contributed by atoms with van der Waals surface area (Å²) in [6, 6.07) is -0.771. The second-order valence-electron chi connectivity index (χ2n) is 5.74. The predicted molar refractivity (Wildman–Crippen MR) is 75.6 cm³/mol. The number of hydrogen-bond donors (Lipinski definition) is 3. The van der Waals surface area contributed by atoms with Crippen molar-refractivity contribution < 1.29 is 29.4 Å². The summed E-state index contributed by atoms with van der Waals surface area (Å²) < 4.78 is 11.5. The summed E-state index contributed by atoms with van der Waals surface area (Å²) >= 11 is 0. The van der Waals surface area contributed by atoms with Crippen molar-refractivity contribution in [2.24, 2.45) is 5.16 Å². The number of hydrogen-bond acceptors (Lipinski definition) is 6. The van der Waals surface area contributed by atoms with Gasteiger partial charge in [-0.15, -0.1) is 0 Å². The number of oxime groups is 1. The van der Waals surface area contributed by atoms with E-state index in [9.17, 15) is 19.9 Å². The maximum atomic E-state index is 11.7. The van der Waals surface area contributed by atoms with E-state index in [0.29, 0.717) is 12.0 Å². The molecule has 3 atom stereocenters. The van der Waals surface area contributed by atoms with Crippen LogP contribution in [-0.4, -0.2) is 51.9 Å². The molecule has 2 aliphatic rings. The number of carbonyl (C=O) groups excluding carboxylic acids is 1. The summed E-state index contributed by atoms with van der Waals surface area (Å²) in [6.07, 6.45) is -1.29. The van der Waals surface area contributed by atoms with Gasteiger partial charge in [0.1, 0.15) is 24.0 Å². The van der Waals surface area contributed by atoms with Gasteiger partial charge in [-0.05, 0) is 25.8 Å². The zero-order valence-corrected chi connectivity index (χ0v) is 12.9. The Morgan fingerprint density at radius 1 is 1.36 bits per heavy atom. The van der Waals surface area contributed by atoms with Crippen molar-refractivity contribution in [1.29, 1.82) is 0 Å². The lowest BCUT2D eigenvalue weighted by molar-refractivity contribution is -0.147. The molecule has 0 aromatic heterocycles. The molecule has 8 heteroatoms. The van der Waals surface area contributed by atoms with Crippen LogP contribution >= 0.6 is 0 Å². The molecule has 122 valence electrons. The molecule has 3 N–H and O–H groups in total. The van der Waals surface area contributed by atoms with E-state index in [4.69, 9.17) is 9.47 Å². The number of carboxylic acid groups (broad SMARTS) is 1. The first-order valence-corrected chi connectivity index (χ1v) is 7.03. The van der Waals surface area contributed by atoms with Crippen LogP contribution in [-0.2, 0) is 19.1 Å². The second-order valence-corrected chi connectivity index (χ2v) is 5.74. The molecule has 1 aliphatic carbocycles. The number of aliphatic carboxylic acids is 1. The Hall–Kier alpha value is -1.93. The normalized spacial score (nSPS) is 32.0. The lowest BCUT2D eigenvalue weighted by Crippen LogP contribution is -2.56. The third kappa shape index (κ3) is 2.71. The number of rotatable bonds is 3. The molecule has 8 nitrogen and oxygen atoms in total. The van der Waals surface area contributed by atoms with Crippen LogP contribution in [0.2, 0.25) is 0 Å². The van der Waals surface area contributed by atoms with Gasteiger partial charge < -0.3 is 25.1 Å². The minimum Gasteiger partial charge on any atom is -0.478 e. The molecule has 22 heavy (non-hydrogen) atoms. The molecule has 0 bridgehead atoms. The smallest absolute Gasteiger partial charge is 0.334 e. The average molecular weight is 312 g/mol. The van der Waals surface area contributed by atoms with Crippen molar-refractivity contribution in [1.82, 2.24) is 5.32 Å². The first-order chi connectivity index (χ1) is 10.2. The fourth-order valence-corrected chi connectivity index (χ4v) is 3.02. The number of nitrogens with zero attached hydrogens (tertiary/aromatic N) is 1. The van der Waals surface area contributed by atoms with Gasteiger partial charge in [0.25, 0.3) is 0 Å². The van der Waals surface area contributed by atoms with E-state index in [1.165, 1.54) is 6.92 Å². The van der Waals surface area contributed by atoms with E-state index in [1.807, 2.05) is 0 Å². The fourth-order valence-electron chi connectivity index (χ4n) is 3.02. The molecule has 1 saturated heterocycles. The predicted octanol–water partition coefficient (Wildman–Crippen LogP) is 0.646. The Bertz CT molecular complexity index is 566. The van der Waals surface area contributed by atoms with Gasteiger partial charge in [-0.25, -0.2) is 4.79 Å². The van der Waals surface area contributed by atoms with Crippen molar-refractivity contribution in [3.8, 4) is 0 Å². The fraction of sp³-hybridized carbons (Fsp3) is 0.643. The van der Waals surface area contributed by atoms with Crippen LogP contribution in [0.3, 0.4) is 0 Å². The minimum absolute atomic E-state index is 0.00692. The van der Waals surface area contributed by atoms with Gasteiger partial charge in [0.2, 0.25) is 5.91 Å². The highest BCUT2D eigenvalue weighted by atomic mass is 16.8. The van der Waals surface area contributed by atoms with E-state index in [-0.39, 0.29) is 17.2 Å². The highest BCUT2D eigenvalue weighted by Crippen LogP contribution is 2.40. The van der Waals surface area contributed by atoms with E-state index in [2.05, 4.69) is 10.5 Å². The number of carbonyl (C=O) groups is 2. The number of nitrogens with one attached hydrogen (secondary N) is 1. The number of fused-ring (bicyclic) bond motifs is 1. The van der Waals surface area contributed by atoms with Crippen LogP contribution in [0, 0.1) is 0 Å². The van der Waals surface area contributed by atoms with E-state index >= 15 is 0 Å².